The van der Waals surface area contributed by atoms with Crippen LogP contribution in [-0.4, -0.2) is 24.9 Å². The predicted molar refractivity (Wildman–Crippen MR) is 90.8 cm³/mol. The zero-order valence-corrected chi connectivity index (χ0v) is 13.4. The SMILES string of the molecule is COC(=O)c1cccc(NC(=O)CC(=O)Nc2ccccc2C#N)c1. The first kappa shape index (κ1) is 17.7. The minimum atomic E-state index is -0.552. The van der Waals surface area contributed by atoms with Crippen LogP contribution in [0.1, 0.15) is 22.3 Å². The minimum Gasteiger partial charge on any atom is -0.465 e. The van der Waals surface area contributed by atoms with E-state index in [1.165, 1.54) is 13.2 Å². The maximum atomic E-state index is 12.0. The summed E-state index contributed by atoms with van der Waals surface area (Å²) in [6.45, 7) is 0. The van der Waals surface area contributed by atoms with Crippen LogP contribution in [0.25, 0.3) is 0 Å². The summed E-state index contributed by atoms with van der Waals surface area (Å²) in [5.41, 5.74) is 1.31. The van der Waals surface area contributed by atoms with Gasteiger partial charge in [0, 0.05) is 5.69 Å². The molecule has 0 saturated heterocycles. The molecule has 126 valence electrons. The summed E-state index contributed by atoms with van der Waals surface area (Å²) in [5, 5.41) is 14.0. The average Bonchev–Trinajstić information content (AvgIpc) is 2.61. The number of benzene rings is 2. The Morgan fingerprint density at radius 1 is 1.04 bits per heavy atom. The van der Waals surface area contributed by atoms with Gasteiger partial charge in [0.25, 0.3) is 0 Å². The summed E-state index contributed by atoms with van der Waals surface area (Å²) in [6.07, 6.45) is -0.428. The summed E-state index contributed by atoms with van der Waals surface area (Å²) in [4.78, 5) is 35.4. The van der Waals surface area contributed by atoms with Crippen LogP contribution in [-0.2, 0) is 14.3 Å². The molecule has 0 aromatic heterocycles. The normalized spacial score (nSPS) is 9.60. The van der Waals surface area contributed by atoms with Crippen LogP contribution in [0.15, 0.2) is 48.5 Å². The molecular weight excluding hydrogens is 322 g/mol. The van der Waals surface area contributed by atoms with E-state index in [0.717, 1.165) is 0 Å². The number of methoxy groups -OCH3 is 1. The van der Waals surface area contributed by atoms with Gasteiger partial charge in [-0.25, -0.2) is 4.79 Å². The molecule has 7 nitrogen and oxygen atoms in total. The van der Waals surface area contributed by atoms with Crippen LogP contribution < -0.4 is 10.6 Å². The smallest absolute Gasteiger partial charge is 0.337 e. The first-order valence-corrected chi connectivity index (χ1v) is 7.30. The van der Waals surface area contributed by atoms with E-state index in [-0.39, 0.29) is 5.56 Å². The Bertz CT molecular complexity index is 855. The molecule has 2 amide bonds. The number of hydrogen-bond donors (Lipinski definition) is 2. The Balaban J connectivity index is 1.97. The van der Waals surface area contributed by atoms with Gasteiger partial charge in [-0.2, -0.15) is 5.26 Å². The van der Waals surface area contributed by atoms with Gasteiger partial charge in [-0.1, -0.05) is 18.2 Å². The van der Waals surface area contributed by atoms with Gasteiger partial charge < -0.3 is 15.4 Å². The van der Waals surface area contributed by atoms with Crippen molar-refractivity contribution < 1.29 is 19.1 Å². The van der Waals surface area contributed by atoms with Crippen LogP contribution in [0.4, 0.5) is 11.4 Å². The van der Waals surface area contributed by atoms with Gasteiger partial charge in [-0.3, -0.25) is 9.59 Å². The van der Waals surface area contributed by atoms with Crippen LogP contribution in [0.5, 0.6) is 0 Å². The van der Waals surface area contributed by atoms with Gasteiger partial charge in [0.1, 0.15) is 12.5 Å². The summed E-state index contributed by atoms with van der Waals surface area (Å²) >= 11 is 0. The van der Waals surface area contributed by atoms with E-state index in [4.69, 9.17) is 5.26 Å². The Kier molecular flexibility index (Phi) is 5.85. The number of nitrogens with one attached hydrogen (secondary N) is 2. The molecule has 0 unspecified atom stereocenters. The summed E-state index contributed by atoms with van der Waals surface area (Å²) in [7, 11) is 1.26. The average molecular weight is 337 g/mol. The fourth-order valence-corrected chi connectivity index (χ4v) is 2.08. The molecule has 0 fully saturated rings. The van der Waals surface area contributed by atoms with Gasteiger partial charge in [-0.15, -0.1) is 0 Å². The van der Waals surface area contributed by atoms with E-state index < -0.39 is 24.2 Å². The second-order valence-corrected chi connectivity index (χ2v) is 5.00. The number of hydrogen-bond acceptors (Lipinski definition) is 5. The van der Waals surface area contributed by atoms with Gasteiger partial charge in [0.05, 0.1) is 23.9 Å². The van der Waals surface area contributed by atoms with Crippen molar-refractivity contribution in [2.24, 2.45) is 0 Å². The molecule has 2 rings (SSSR count). The molecule has 0 aliphatic heterocycles. The summed E-state index contributed by atoms with van der Waals surface area (Å²) in [5.74, 6) is -1.62. The zero-order chi connectivity index (χ0) is 18.2. The molecule has 2 aromatic carbocycles. The number of rotatable bonds is 5. The van der Waals surface area contributed by atoms with Gasteiger partial charge in [0.2, 0.25) is 11.8 Å². The zero-order valence-electron chi connectivity index (χ0n) is 13.4. The van der Waals surface area contributed by atoms with Crippen molar-refractivity contribution in [1.29, 1.82) is 5.26 Å². The fourth-order valence-electron chi connectivity index (χ4n) is 2.08. The third kappa shape index (κ3) is 4.91. The van der Waals surface area contributed by atoms with E-state index in [0.29, 0.717) is 16.9 Å². The number of esters is 1. The molecule has 2 N–H and O–H groups in total. The quantitative estimate of drug-likeness (QED) is 0.643. The number of para-hydroxylation sites is 1. The maximum absolute atomic E-state index is 12.0. The second-order valence-electron chi connectivity index (χ2n) is 5.00. The molecule has 25 heavy (non-hydrogen) atoms. The number of carbonyl (C=O) groups excluding carboxylic acids is 3. The molecule has 0 heterocycles. The third-order valence-corrected chi connectivity index (χ3v) is 3.21. The number of nitrogens with zero attached hydrogens (tertiary/aromatic N) is 1. The third-order valence-electron chi connectivity index (χ3n) is 3.21. The van der Waals surface area contributed by atoms with Crippen molar-refractivity contribution >= 4 is 29.2 Å². The lowest BCUT2D eigenvalue weighted by molar-refractivity contribution is -0.123. The number of nitriles is 1. The van der Waals surface area contributed by atoms with E-state index >= 15 is 0 Å². The highest BCUT2D eigenvalue weighted by Crippen LogP contribution is 2.15. The number of carbonyl (C=O) groups is 3. The molecule has 0 bridgehead atoms. The first-order valence-electron chi connectivity index (χ1n) is 7.30. The largest absolute Gasteiger partial charge is 0.465 e. The maximum Gasteiger partial charge on any atom is 0.337 e. The highest BCUT2D eigenvalue weighted by atomic mass is 16.5. The van der Waals surface area contributed by atoms with E-state index in [1.54, 1.807) is 42.5 Å². The van der Waals surface area contributed by atoms with Crippen LogP contribution in [0, 0.1) is 11.3 Å². The van der Waals surface area contributed by atoms with E-state index in [2.05, 4.69) is 15.4 Å². The summed E-state index contributed by atoms with van der Waals surface area (Å²) in [6, 6.07) is 14.6. The first-order chi connectivity index (χ1) is 12.0. The van der Waals surface area contributed by atoms with Crippen molar-refractivity contribution in [2.45, 2.75) is 6.42 Å². The van der Waals surface area contributed by atoms with Crippen molar-refractivity contribution in [1.82, 2.24) is 0 Å². The number of ether oxygens (including phenoxy) is 1. The van der Waals surface area contributed by atoms with Gasteiger partial charge in [0.15, 0.2) is 0 Å². The highest BCUT2D eigenvalue weighted by molar-refractivity contribution is 6.08. The molecule has 7 heteroatoms. The van der Waals surface area contributed by atoms with Crippen molar-refractivity contribution in [3.8, 4) is 6.07 Å². The van der Waals surface area contributed by atoms with Gasteiger partial charge in [-0.05, 0) is 30.3 Å². The number of anilines is 2. The van der Waals surface area contributed by atoms with Gasteiger partial charge >= 0.3 is 5.97 Å². The topological polar surface area (TPSA) is 108 Å². The summed E-state index contributed by atoms with van der Waals surface area (Å²) < 4.78 is 4.61. The second kappa shape index (κ2) is 8.26. The lowest BCUT2D eigenvalue weighted by Gasteiger charge is -2.08. The van der Waals surface area contributed by atoms with Crippen molar-refractivity contribution in [3.63, 3.8) is 0 Å². The Hall–Kier alpha value is -3.66. The Morgan fingerprint density at radius 3 is 2.48 bits per heavy atom. The Labute approximate surface area is 144 Å². The predicted octanol–water partition coefficient (Wildman–Crippen LogP) is 2.31. The lowest BCUT2D eigenvalue weighted by Crippen LogP contribution is -2.22. The van der Waals surface area contributed by atoms with Crippen LogP contribution in [0.2, 0.25) is 0 Å². The van der Waals surface area contributed by atoms with E-state index in [1.807, 2.05) is 6.07 Å². The molecule has 2 aromatic rings. The minimum absolute atomic E-state index is 0.285. The Morgan fingerprint density at radius 2 is 1.76 bits per heavy atom. The molecule has 0 atom stereocenters. The standard InChI is InChI=1S/C18H15N3O4/c1-25-18(24)12-6-4-7-14(9-12)20-16(22)10-17(23)21-15-8-3-2-5-13(15)11-19/h2-9H,10H2,1H3,(H,20,22)(H,21,23). The number of amides is 2. The van der Waals surface area contributed by atoms with Crippen LogP contribution in [0.3, 0.4) is 0 Å². The fraction of sp³-hybridized carbons (Fsp3) is 0.111. The molecule has 0 aliphatic carbocycles. The lowest BCUT2D eigenvalue weighted by atomic mass is 10.2. The van der Waals surface area contributed by atoms with E-state index in [9.17, 15) is 14.4 Å². The molecule has 0 saturated carbocycles. The molecular formula is C18H15N3O4. The van der Waals surface area contributed by atoms with Crippen molar-refractivity contribution in [3.05, 3.63) is 59.7 Å². The molecule has 0 spiro atoms. The van der Waals surface area contributed by atoms with Crippen LogP contribution >= 0.6 is 0 Å². The van der Waals surface area contributed by atoms with Crippen molar-refractivity contribution in [2.75, 3.05) is 17.7 Å². The molecule has 0 radical (unpaired) electrons. The monoisotopic (exact) mass is 337 g/mol. The highest BCUT2D eigenvalue weighted by Gasteiger charge is 2.13. The molecule has 0 aliphatic rings.